The Morgan fingerprint density at radius 3 is 1.00 bits per heavy atom. The third-order valence-electron chi connectivity index (χ3n) is 5.83. The van der Waals surface area contributed by atoms with Gasteiger partial charge in [-0.1, -0.05) is 142 Å². The quantitative estimate of drug-likeness (QED) is 0.0649. The first-order chi connectivity index (χ1) is 13.7. The second kappa shape index (κ2) is 27.0. The number of unbranched alkanes of at least 4 members (excludes halogenated alkanes) is 18. The molecular formula is C25H51MoNS2. The molecule has 0 saturated heterocycles. The topological polar surface area (TPSA) is 3.24 Å². The predicted octanol–water partition coefficient (Wildman–Crippen LogP) is 9.34. The average molecular weight is 526 g/mol. The van der Waals surface area contributed by atoms with Crippen molar-refractivity contribution in [3.63, 3.8) is 0 Å². The predicted molar refractivity (Wildman–Crippen MR) is 137 cm³/mol. The van der Waals surface area contributed by atoms with Crippen LogP contribution in [-0.4, -0.2) is 22.3 Å². The SMILES string of the molecule is CCCCCCCCCCCCN(CCCCCCCCCCCC)C(=S)S.[Mo]. The number of thiocarbonyl (C=S) groups is 1. The van der Waals surface area contributed by atoms with Crippen LogP contribution in [0, 0.1) is 0 Å². The molecule has 0 saturated carbocycles. The Kier molecular flexibility index (Phi) is 29.9. The molecule has 0 atom stereocenters. The van der Waals surface area contributed by atoms with Crippen LogP contribution in [0.25, 0.3) is 0 Å². The Morgan fingerprint density at radius 1 is 0.517 bits per heavy atom. The van der Waals surface area contributed by atoms with E-state index in [9.17, 15) is 0 Å². The van der Waals surface area contributed by atoms with Gasteiger partial charge in [-0.25, -0.2) is 0 Å². The van der Waals surface area contributed by atoms with Gasteiger partial charge in [-0.05, 0) is 12.8 Å². The van der Waals surface area contributed by atoms with Gasteiger partial charge in [0, 0.05) is 34.2 Å². The van der Waals surface area contributed by atoms with Crippen molar-refractivity contribution in [1.29, 1.82) is 0 Å². The van der Waals surface area contributed by atoms with Crippen molar-refractivity contribution in [2.24, 2.45) is 0 Å². The van der Waals surface area contributed by atoms with Crippen LogP contribution < -0.4 is 0 Å². The summed E-state index contributed by atoms with van der Waals surface area (Å²) >= 11 is 9.80. The monoisotopic (exact) mass is 527 g/mol. The molecule has 0 rings (SSSR count). The Morgan fingerprint density at radius 2 is 0.759 bits per heavy atom. The Labute approximate surface area is 209 Å². The van der Waals surface area contributed by atoms with Gasteiger partial charge in [0.15, 0.2) is 0 Å². The summed E-state index contributed by atoms with van der Waals surface area (Å²) in [6.07, 6.45) is 27.8. The fourth-order valence-electron chi connectivity index (χ4n) is 3.88. The number of nitrogens with zero attached hydrogens (tertiary/aromatic N) is 1. The van der Waals surface area contributed by atoms with Crippen molar-refractivity contribution in [2.75, 3.05) is 13.1 Å². The third kappa shape index (κ3) is 25.1. The van der Waals surface area contributed by atoms with Crippen LogP contribution in [0.15, 0.2) is 0 Å². The van der Waals surface area contributed by atoms with Crippen LogP contribution in [0.5, 0.6) is 0 Å². The molecule has 4 heteroatoms. The maximum Gasteiger partial charge on any atom is 0.133 e. The minimum atomic E-state index is 0. The smallest absolute Gasteiger partial charge is 0.133 e. The van der Waals surface area contributed by atoms with Crippen LogP contribution in [0.1, 0.15) is 142 Å². The molecule has 0 radical (unpaired) electrons. The second-order valence-electron chi connectivity index (χ2n) is 8.63. The molecule has 0 aliphatic rings. The zero-order chi connectivity index (χ0) is 20.7. The van der Waals surface area contributed by atoms with E-state index >= 15 is 0 Å². The molecule has 0 aliphatic carbocycles. The second-order valence-corrected chi connectivity index (χ2v) is 9.75. The van der Waals surface area contributed by atoms with Gasteiger partial charge in [-0.15, -0.1) is 12.6 Å². The summed E-state index contributed by atoms with van der Waals surface area (Å²) in [6, 6.07) is 0. The maximum absolute atomic E-state index is 5.35. The standard InChI is InChI=1S/C25H51NS2.Mo/c1-3-5-7-9-11-13-15-17-19-21-23-26(25(27)28)24-22-20-18-16-14-12-10-8-6-4-2;/h3-24H2,1-2H3,(H,27,28);. The molecule has 0 aromatic rings. The normalized spacial score (nSPS) is 10.7. The summed E-state index contributed by atoms with van der Waals surface area (Å²) in [5.74, 6) is 0. The number of hydrogen-bond donors (Lipinski definition) is 1. The Hall–Kier alpha value is 0.928. The number of hydrogen-bond acceptors (Lipinski definition) is 1. The van der Waals surface area contributed by atoms with E-state index < -0.39 is 0 Å². The first-order valence-corrected chi connectivity index (χ1v) is 13.6. The van der Waals surface area contributed by atoms with Gasteiger partial charge in [-0.2, -0.15) is 0 Å². The van der Waals surface area contributed by atoms with Crippen molar-refractivity contribution in [1.82, 2.24) is 4.90 Å². The van der Waals surface area contributed by atoms with Crippen molar-refractivity contribution < 1.29 is 21.1 Å². The maximum atomic E-state index is 5.35. The van der Waals surface area contributed by atoms with E-state index in [1.54, 1.807) is 0 Å². The molecule has 0 aromatic heterocycles. The molecule has 0 spiro atoms. The van der Waals surface area contributed by atoms with Crippen LogP contribution in [0.2, 0.25) is 0 Å². The molecule has 0 unspecified atom stereocenters. The van der Waals surface area contributed by atoms with E-state index in [2.05, 4.69) is 31.4 Å². The fraction of sp³-hybridized carbons (Fsp3) is 0.960. The average Bonchev–Trinajstić information content (AvgIpc) is 2.68. The molecule has 0 fully saturated rings. The van der Waals surface area contributed by atoms with Crippen LogP contribution in [0.4, 0.5) is 0 Å². The van der Waals surface area contributed by atoms with E-state index in [0.29, 0.717) is 0 Å². The summed E-state index contributed by atoms with van der Waals surface area (Å²) in [5, 5.41) is 0. The summed E-state index contributed by atoms with van der Waals surface area (Å²) in [4.78, 5) is 2.33. The molecular weight excluding hydrogens is 474 g/mol. The van der Waals surface area contributed by atoms with E-state index in [1.807, 2.05) is 0 Å². The number of rotatable bonds is 22. The van der Waals surface area contributed by atoms with Crippen molar-refractivity contribution in [3.8, 4) is 0 Å². The summed E-state index contributed by atoms with van der Waals surface area (Å²) in [5.41, 5.74) is 0. The summed E-state index contributed by atoms with van der Waals surface area (Å²) < 4.78 is 0.798. The molecule has 0 bridgehead atoms. The van der Waals surface area contributed by atoms with Gasteiger partial charge in [0.05, 0.1) is 0 Å². The van der Waals surface area contributed by atoms with Gasteiger partial charge in [0.25, 0.3) is 0 Å². The van der Waals surface area contributed by atoms with Crippen molar-refractivity contribution >= 4 is 29.2 Å². The molecule has 1 nitrogen and oxygen atoms in total. The Balaban J connectivity index is 0. The van der Waals surface area contributed by atoms with Crippen LogP contribution in [-0.2, 0) is 21.1 Å². The molecule has 0 aliphatic heterocycles. The van der Waals surface area contributed by atoms with E-state index in [4.69, 9.17) is 12.2 Å². The minimum Gasteiger partial charge on any atom is -0.358 e. The first kappa shape index (κ1) is 32.1. The van der Waals surface area contributed by atoms with Gasteiger partial charge in [0.1, 0.15) is 4.32 Å². The van der Waals surface area contributed by atoms with Crippen LogP contribution >= 0.6 is 24.8 Å². The molecule has 0 aromatic carbocycles. The first-order valence-electron chi connectivity index (χ1n) is 12.7. The van der Waals surface area contributed by atoms with E-state index in [1.165, 1.54) is 128 Å². The van der Waals surface area contributed by atoms with Crippen molar-refractivity contribution in [3.05, 3.63) is 0 Å². The fourth-order valence-corrected chi connectivity index (χ4v) is 4.27. The summed E-state index contributed by atoms with van der Waals surface area (Å²) in [7, 11) is 0. The van der Waals surface area contributed by atoms with Gasteiger partial charge >= 0.3 is 0 Å². The molecule has 0 heterocycles. The molecule has 0 N–H and O–H groups in total. The molecule has 29 heavy (non-hydrogen) atoms. The zero-order valence-electron chi connectivity index (χ0n) is 19.8. The minimum absolute atomic E-state index is 0. The largest absolute Gasteiger partial charge is 0.358 e. The van der Waals surface area contributed by atoms with Crippen LogP contribution in [0.3, 0.4) is 0 Å². The van der Waals surface area contributed by atoms with E-state index in [0.717, 1.165) is 17.4 Å². The molecule has 0 amide bonds. The van der Waals surface area contributed by atoms with Gasteiger partial charge < -0.3 is 4.90 Å². The summed E-state index contributed by atoms with van der Waals surface area (Å²) in [6.45, 7) is 6.79. The number of thiol groups is 1. The van der Waals surface area contributed by atoms with Gasteiger partial charge in [-0.3, -0.25) is 0 Å². The molecule has 174 valence electrons. The van der Waals surface area contributed by atoms with Gasteiger partial charge in [0.2, 0.25) is 0 Å². The van der Waals surface area contributed by atoms with Crippen molar-refractivity contribution in [2.45, 2.75) is 142 Å². The van der Waals surface area contributed by atoms with E-state index in [-0.39, 0.29) is 21.1 Å². The Bertz CT molecular complexity index is 302. The zero-order valence-corrected chi connectivity index (χ0v) is 23.5. The third-order valence-corrected chi connectivity index (χ3v) is 6.37.